The van der Waals surface area contributed by atoms with Gasteiger partial charge in [0.05, 0.1) is 0 Å². The van der Waals surface area contributed by atoms with Crippen LogP contribution in [-0.2, 0) is 12.5 Å². The average Bonchev–Trinajstić information content (AvgIpc) is 2.68. The highest BCUT2D eigenvalue weighted by atomic mass is 19.3. The first-order valence-corrected chi connectivity index (χ1v) is 9.73. The standard InChI is InChI=1S/C23H24F4O3/c24-20-15-18(8-3-1-2-5-13-28)16-21(25)22(20)23(26,27)30-19-11-9-17(10-12-19)7-4-6-14-29/h9-12,15-16,28-29H,1-2,4-7,13-14H2. The minimum atomic E-state index is -4.21. The van der Waals surface area contributed by atoms with E-state index < -0.39 is 23.3 Å². The zero-order valence-electron chi connectivity index (χ0n) is 16.4. The molecule has 0 aliphatic heterocycles. The van der Waals surface area contributed by atoms with Crippen molar-refractivity contribution in [1.29, 1.82) is 0 Å². The van der Waals surface area contributed by atoms with Crippen molar-refractivity contribution in [1.82, 2.24) is 0 Å². The van der Waals surface area contributed by atoms with Gasteiger partial charge in [0.2, 0.25) is 0 Å². The molecule has 0 saturated carbocycles. The van der Waals surface area contributed by atoms with Crippen LogP contribution in [0.5, 0.6) is 5.75 Å². The summed E-state index contributed by atoms with van der Waals surface area (Å²) in [6, 6.07) is 7.29. The fraction of sp³-hybridized carbons (Fsp3) is 0.391. The molecule has 162 valence electrons. The van der Waals surface area contributed by atoms with Gasteiger partial charge in [-0.05, 0) is 61.9 Å². The van der Waals surface area contributed by atoms with E-state index in [4.69, 9.17) is 10.2 Å². The van der Waals surface area contributed by atoms with Gasteiger partial charge in [-0.25, -0.2) is 8.78 Å². The number of aryl methyl sites for hydroxylation is 1. The molecular weight excluding hydrogens is 400 g/mol. The monoisotopic (exact) mass is 424 g/mol. The van der Waals surface area contributed by atoms with Crippen LogP contribution in [0.3, 0.4) is 0 Å². The summed E-state index contributed by atoms with van der Waals surface area (Å²) in [4.78, 5) is 0. The van der Waals surface area contributed by atoms with E-state index in [0.717, 1.165) is 24.1 Å². The van der Waals surface area contributed by atoms with Gasteiger partial charge in [-0.3, -0.25) is 0 Å². The summed E-state index contributed by atoms with van der Waals surface area (Å²) >= 11 is 0. The van der Waals surface area contributed by atoms with E-state index in [1.165, 1.54) is 12.1 Å². The number of unbranched alkanes of at least 4 members (excludes halogenated alkanes) is 3. The number of alkyl halides is 2. The Bertz CT molecular complexity index is 847. The lowest BCUT2D eigenvalue weighted by Crippen LogP contribution is -2.25. The Kier molecular flexibility index (Phi) is 9.15. The predicted octanol–water partition coefficient (Wildman–Crippen LogP) is 4.92. The van der Waals surface area contributed by atoms with Crippen LogP contribution in [0.1, 0.15) is 48.8 Å². The molecule has 2 N–H and O–H groups in total. The van der Waals surface area contributed by atoms with Crippen LogP contribution in [0.25, 0.3) is 0 Å². The van der Waals surface area contributed by atoms with E-state index in [1.54, 1.807) is 12.1 Å². The first-order valence-electron chi connectivity index (χ1n) is 9.73. The number of aliphatic hydroxyl groups is 2. The molecule has 30 heavy (non-hydrogen) atoms. The number of hydrogen-bond donors (Lipinski definition) is 2. The third-order valence-corrected chi connectivity index (χ3v) is 4.32. The number of halogens is 4. The van der Waals surface area contributed by atoms with Crippen molar-refractivity contribution in [2.24, 2.45) is 0 Å². The van der Waals surface area contributed by atoms with Crippen LogP contribution in [0.15, 0.2) is 36.4 Å². The molecule has 0 aliphatic carbocycles. The Hall–Kier alpha value is -2.56. The molecule has 0 atom stereocenters. The lowest BCUT2D eigenvalue weighted by atomic mass is 10.1. The van der Waals surface area contributed by atoms with E-state index in [9.17, 15) is 17.6 Å². The molecule has 0 aromatic heterocycles. The largest absolute Gasteiger partial charge is 0.432 e. The quantitative estimate of drug-likeness (QED) is 0.323. The Morgan fingerprint density at radius 3 is 2.07 bits per heavy atom. The van der Waals surface area contributed by atoms with E-state index in [-0.39, 0.29) is 24.5 Å². The zero-order valence-corrected chi connectivity index (χ0v) is 16.4. The normalized spacial score (nSPS) is 11.1. The van der Waals surface area contributed by atoms with Crippen molar-refractivity contribution in [2.45, 2.75) is 44.6 Å². The van der Waals surface area contributed by atoms with Crippen LogP contribution in [0.2, 0.25) is 0 Å². The van der Waals surface area contributed by atoms with Gasteiger partial charge in [-0.2, -0.15) is 8.78 Å². The van der Waals surface area contributed by atoms with E-state index in [1.807, 2.05) is 0 Å². The van der Waals surface area contributed by atoms with Crippen molar-refractivity contribution in [3.05, 3.63) is 64.7 Å². The van der Waals surface area contributed by atoms with E-state index in [0.29, 0.717) is 32.1 Å². The fourth-order valence-electron chi connectivity index (χ4n) is 2.78. The van der Waals surface area contributed by atoms with Crippen LogP contribution in [0.4, 0.5) is 17.6 Å². The fourth-order valence-corrected chi connectivity index (χ4v) is 2.78. The number of ether oxygens (including phenoxy) is 1. The summed E-state index contributed by atoms with van der Waals surface area (Å²) in [5.74, 6) is 2.10. The van der Waals surface area contributed by atoms with Gasteiger partial charge in [-0.15, -0.1) is 0 Å². The van der Waals surface area contributed by atoms with Gasteiger partial charge < -0.3 is 14.9 Å². The zero-order chi connectivity index (χ0) is 22.0. The van der Waals surface area contributed by atoms with Crippen LogP contribution < -0.4 is 4.74 Å². The molecular formula is C23H24F4O3. The number of benzene rings is 2. The molecule has 2 rings (SSSR count). The molecule has 0 aliphatic rings. The lowest BCUT2D eigenvalue weighted by Gasteiger charge is -2.19. The van der Waals surface area contributed by atoms with Crippen molar-refractivity contribution >= 4 is 0 Å². The van der Waals surface area contributed by atoms with Crippen molar-refractivity contribution in [3.63, 3.8) is 0 Å². The maximum atomic E-state index is 14.4. The minimum Gasteiger partial charge on any atom is -0.429 e. The molecule has 2 aromatic rings. The van der Waals surface area contributed by atoms with Crippen LogP contribution in [-0.4, -0.2) is 23.4 Å². The van der Waals surface area contributed by atoms with Gasteiger partial charge in [0.25, 0.3) is 0 Å². The summed E-state index contributed by atoms with van der Waals surface area (Å²) in [6.45, 7) is 0.111. The minimum absolute atomic E-state index is 0.0289. The maximum Gasteiger partial charge on any atom is 0.432 e. The molecule has 0 heterocycles. The second-order valence-corrected chi connectivity index (χ2v) is 6.74. The highest BCUT2D eigenvalue weighted by molar-refractivity contribution is 5.39. The van der Waals surface area contributed by atoms with Gasteiger partial charge in [0.15, 0.2) is 0 Å². The number of rotatable bonds is 10. The summed E-state index contributed by atoms with van der Waals surface area (Å²) in [7, 11) is 0. The summed E-state index contributed by atoms with van der Waals surface area (Å²) in [6.07, 6.45) is -0.552. The van der Waals surface area contributed by atoms with Gasteiger partial charge in [-0.1, -0.05) is 24.0 Å². The first-order chi connectivity index (χ1) is 14.4. The third kappa shape index (κ3) is 7.05. The van der Waals surface area contributed by atoms with Gasteiger partial charge in [0, 0.05) is 25.2 Å². The second-order valence-electron chi connectivity index (χ2n) is 6.74. The van der Waals surface area contributed by atoms with Gasteiger partial charge >= 0.3 is 6.11 Å². The van der Waals surface area contributed by atoms with Crippen LogP contribution in [0, 0.1) is 23.5 Å². The highest BCUT2D eigenvalue weighted by Gasteiger charge is 2.41. The van der Waals surface area contributed by atoms with E-state index in [2.05, 4.69) is 16.6 Å². The molecule has 7 heteroatoms. The molecule has 0 bridgehead atoms. The average molecular weight is 424 g/mol. The second kappa shape index (κ2) is 11.6. The smallest absolute Gasteiger partial charge is 0.429 e. The summed E-state index contributed by atoms with van der Waals surface area (Å²) in [5, 5.41) is 17.5. The maximum absolute atomic E-state index is 14.4. The molecule has 0 radical (unpaired) electrons. The lowest BCUT2D eigenvalue weighted by molar-refractivity contribution is -0.189. The Morgan fingerprint density at radius 1 is 0.867 bits per heavy atom. The topological polar surface area (TPSA) is 49.7 Å². The SMILES string of the molecule is OCCCCC#Cc1cc(F)c(C(F)(F)Oc2ccc(CCCCO)cc2)c(F)c1. The van der Waals surface area contributed by atoms with Gasteiger partial charge in [0.1, 0.15) is 22.9 Å². The predicted molar refractivity (Wildman–Crippen MR) is 105 cm³/mol. The van der Waals surface area contributed by atoms with Crippen molar-refractivity contribution in [2.75, 3.05) is 13.2 Å². The molecule has 0 spiro atoms. The molecule has 3 nitrogen and oxygen atoms in total. The molecule has 0 amide bonds. The van der Waals surface area contributed by atoms with Crippen LogP contribution >= 0.6 is 0 Å². The van der Waals surface area contributed by atoms with E-state index >= 15 is 0 Å². The molecule has 2 aromatic carbocycles. The molecule has 0 fully saturated rings. The number of hydrogen-bond acceptors (Lipinski definition) is 3. The Morgan fingerprint density at radius 2 is 1.47 bits per heavy atom. The number of aliphatic hydroxyl groups excluding tert-OH is 2. The Balaban J connectivity index is 2.11. The third-order valence-electron chi connectivity index (χ3n) is 4.32. The summed E-state index contributed by atoms with van der Waals surface area (Å²) in [5.41, 5.74) is -0.653. The first kappa shape index (κ1) is 23.7. The highest BCUT2D eigenvalue weighted by Crippen LogP contribution is 2.35. The molecule has 0 unspecified atom stereocenters. The van der Waals surface area contributed by atoms with Crippen molar-refractivity contribution in [3.8, 4) is 17.6 Å². The summed E-state index contributed by atoms with van der Waals surface area (Å²) < 4.78 is 62.0. The van der Waals surface area contributed by atoms with Crippen molar-refractivity contribution < 1.29 is 32.5 Å². The molecule has 0 saturated heterocycles. The Labute approximate surface area is 173 Å².